The molecule has 7 heteroatoms. The molecule has 1 aromatic heterocycles. The topological polar surface area (TPSA) is 75.6 Å². The number of rotatable bonds is 6. The number of carbonyl (C=O) groups excluding carboxylic acids is 1. The number of benzene rings is 2. The van der Waals surface area contributed by atoms with E-state index in [1.54, 1.807) is 12.1 Å². The number of aliphatic hydroxyl groups is 1. The number of aliphatic hydroxyl groups excluding tert-OH is 1. The average Bonchev–Trinajstić information content (AvgIpc) is 2.84. The predicted molar refractivity (Wildman–Crippen MR) is 114 cm³/mol. The van der Waals surface area contributed by atoms with E-state index in [1.807, 2.05) is 35.2 Å². The van der Waals surface area contributed by atoms with Crippen LogP contribution in [0.25, 0.3) is 11.1 Å². The van der Waals surface area contributed by atoms with E-state index in [2.05, 4.69) is 9.97 Å². The van der Waals surface area contributed by atoms with E-state index in [-0.39, 0.29) is 24.1 Å². The normalized spacial score (nSPS) is 14.5. The lowest BCUT2D eigenvalue weighted by molar-refractivity contribution is 0.0657. The van der Waals surface area contributed by atoms with E-state index in [1.165, 1.54) is 18.5 Å². The lowest BCUT2D eigenvalue weighted by Crippen LogP contribution is -2.39. The molecule has 1 aliphatic heterocycles. The minimum absolute atomic E-state index is 0.0661. The Morgan fingerprint density at radius 3 is 2.45 bits per heavy atom. The molecule has 2 heterocycles. The van der Waals surface area contributed by atoms with Crippen molar-refractivity contribution in [3.05, 3.63) is 77.9 Å². The first-order valence-electron chi connectivity index (χ1n) is 10.3. The smallest absolute Gasteiger partial charge is 0.316 e. The van der Waals surface area contributed by atoms with Gasteiger partial charge in [-0.05, 0) is 30.9 Å². The number of hydrogen-bond acceptors (Lipinski definition) is 5. The van der Waals surface area contributed by atoms with Gasteiger partial charge >= 0.3 is 6.01 Å². The molecule has 160 valence electrons. The molecule has 0 aliphatic carbocycles. The van der Waals surface area contributed by atoms with Crippen molar-refractivity contribution in [1.29, 1.82) is 0 Å². The lowest BCUT2D eigenvalue weighted by Gasteiger charge is -2.31. The third-order valence-corrected chi connectivity index (χ3v) is 5.56. The lowest BCUT2D eigenvalue weighted by atomic mass is 9.97. The largest absolute Gasteiger partial charge is 0.463 e. The molecular weight excluding hydrogens is 397 g/mol. The van der Waals surface area contributed by atoms with Gasteiger partial charge in [0.25, 0.3) is 5.91 Å². The van der Waals surface area contributed by atoms with Crippen LogP contribution in [0.4, 0.5) is 4.39 Å². The van der Waals surface area contributed by atoms with Gasteiger partial charge in [0.2, 0.25) is 0 Å². The van der Waals surface area contributed by atoms with Gasteiger partial charge in [0.1, 0.15) is 5.82 Å². The third-order valence-electron chi connectivity index (χ3n) is 5.56. The monoisotopic (exact) mass is 421 g/mol. The molecule has 0 bridgehead atoms. The summed E-state index contributed by atoms with van der Waals surface area (Å²) in [5, 5.41) is 9.22. The summed E-state index contributed by atoms with van der Waals surface area (Å²) in [5.74, 6) is -0.0859. The standard InChI is InChI=1S/C24H24FN3O3/c25-22-19(15-29)7-4-8-21(22)20-13-26-24(27-14-20)31-16-17-9-11-28(12-10-17)23(30)18-5-2-1-3-6-18/h1-8,13-14,17,29H,9-12,15-16H2. The van der Waals surface area contributed by atoms with Gasteiger partial charge in [-0.1, -0.05) is 36.4 Å². The molecule has 0 saturated carbocycles. The number of hydrogen-bond donors (Lipinski definition) is 1. The molecule has 1 amide bonds. The minimum Gasteiger partial charge on any atom is -0.463 e. The second kappa shape index (κ2) is 9.66. The number of likely N-dealkylation sites (tertiary alicyclic amines) is 1. The van der Waals surface area contributed by atoms with Crippen LogP contribution in [0.15, 0.2) is 60.9 Å². The van der Waals surface area contributed by atoms with Gasteiger partial charge in [0.05, 0.1) is 13.2 Å². The van der Waals surface area contributed by atoms with Crippen molar-refractivity contribution in [2.75, 3.05) is 19.7 Å². The summed E-state index contributed by atoms with van der Waals surface area (Å²) in [6, 6.07) is 14.4. The molecule has 1 saturated heterocycles. The molecule has 1 N–H and O–H groups in total. The number of halogens is 1. The molecule has 0 atom stereocenters. The highest BCUT2D eigenvalue weighted by atomic mass is 19.1. The summed E-state index contributed by atoms with van der Waals surface area (Å²) in [6.45, 7) is 1.50. The van der Waals surface area contributed by atoms with E-state index < -0.39 is 5.82 Å². The summed E-state index contributed by atoms with van der Waals surface area (Å²) in [4.78, 5) is 22.8. The maximum atomic E-state index is 14.4. The molecule has 2 aromatic carbocycles. The van der Waals surface area contributed by atoms with Crippen molar-refractivity contribution in [3.8, 4) is 17.1 Å². The molecule has 3 aromatic rings. The summed E-state index contributed by atoms with van der Waals surface area (Å²) >= 11 is 0. The van der Waals surface area contributed by atoms with Crippen LogP contribution >= 0.6 is 0 Å². The van der Waals surface area contributed by atoms with Gasteiger partial charge < -0.3 is 14.7 Å². The quantitative estimate of drug-likeness (QED) is 0.657. The van der Waals surface area contributed by atoms with Gasteiger partial charge in [0, 0.05) is 47.7 Å². The Balaban J connectivity index is 1.29. The highest BCUT2D eigenvalue weighted by molar-refractivity contribution is 5.94. The molecule has 6 nitrogen and oxygen atoms in total. The second-order valence-electron chi connectivity index (χ2n) is 7.60. The fraction of sp³-hybridized carbons (Fsp3) is 0.292. The predicted octanol–water partition coefficient (Wildman–Crippen LogP) is 3.71. The summed E-state index contributed by atoms with van der Waals surface area (Å²) in [6.07, 6.45) is 4.75. The van der Waals surface area contributed by atoms with E-state index >= 15 is 0 Å². The summed E-state index contributed by atoms with van der Waals surface area (Å²) < 4.78 is 20.1. The highest BCUT2D eigenvalue weighted by Crippen LogP contribution is 2.25. The molecule has 1 aliphatic rings. The number of ether oxygens (including phenoxy) is 1. The van der Waals surface area contributed by atoms with Gasteiger partial charge in [0.15, 0.2) is 0 Å². The first kappa shape index (κ1) is 20.9. The van der Waals surface area contributed by atoms with Crippen LogP contribution in [0, 0.1) is 11.7 Å². The van der Waals surface area contributed by atoms with Crippen LogP contribution in [0.1, 0.15) is 28.8 Å². The fourth-order valence-corrected chi connectivity index (χ4v) is 3.71. The maximum Gasteiger partial charge on any atom is 0.316 e. The molecule has 1 fully saturated rings. The molecule has 0 radical (unpaired) electrons. The number of carbonyl (C=O) groups is 1. The molecule has 4 rings (SSSR count). The van der Waals surface area contributed by atoms with Gasteiger partial charge in [-0.2, -0.15) is 0 Å². The number of aromatic nitrogens is 2. The van der Waals surface area contributed by atoms with Gasteiger partial charge in [-0.3, -0.25) is 4.79 Å². The Morgan fingerprint density at radius 2 is 1.77 bits per heavy atom. The zero-order chi connectivity index (χ0) is 21.6. The highest BCUT2D eigenvalue weighted by Gasteiger charge is 2.24. The Hall–Kier alpha value is -3.32. The number of nitrogens with zero attached hydrogens (tertiary/aromatic N) is 3. The average molecular weight is 421 g/mol. The van der Waals surface area contributed by atoms with Crippen molar-refractivity contribution < 1.29 is 19.0 Å². The van der Waals surface area contributed by atoms with E-state index in [9.17, 15) is 14.3 Å². The van der Waals surface area contributed by atoms with Crippen LogP contribution < -0.4 is 4.74 Å². The minimum atomic E-state index is -0.473. The Kier molecular flexibility index (Phi) is 6.52. The second-order valence-corrected chi connectivity index (χ2v) is 7.60. The van der Waals surface area contributed by atoms with Crippen LogP contribution in [0.3, 0.4) is 0 Å². The third kappa shape index (κ3) is 4.88. The first-order chi connectivity index (χ1) is 15.2. The van der Waals surface area contributed by atoms with Crippen LogP contribution in [-0.2, 0) is 6.61 Å². The Bertz CT molecular complexity index is 1020. The zero-order valence-electron chi connectivity index (χ0n) is 17.1. The Labute approximate surface area is 180 Å². The maximum absolute atomic E-state index is 14.4. The van der Waals surface area contributed by atoms with Crippen molar-refractivity contribution in [1.82, 2.24) is 14.9 Å². The number of amides is 1. The van der Waals surface area contributed by atoms with Crippen LogP contribution in [0.5, 0.6) is 6.01 Å². The molecular formula is C24H24FN3O3. The fourth-order valence-electron chi connectivity index (χ4n) is 3.71. The SMILES string of the molecule is O=C(c1ccccc1)N1CCC(COc2ncc(-c3cccc(CO)c3F)cn2)CC1. The Morgan fingerprint density at radius 1 is 1.06 bits per heavy atom. The molecule has 0 spiro atoms. The van der Waals surface area contributed by atoms with E-state index in [0.717, 1.165) is 12.8 Å². The van der Waals surface area contributed by atoms with E-state index in [0.29, 0.717) is 42.3 Å². The zero-order valence-corrected chi connectivity index (χ0v) is 17.1. The molecule has 0 unspecified atom stereocenters. The van der Waals surface area contributed by atoms with Crippen LogP contribution in [-0.4, -0.2) is 45.6 Å². The van der Waals surface area contributed by atoms with E-state index in [4.69, 9.17) is 4.74 Å². The van der Waals surface area contributed by atoms with Crippen molar-refractivity contribution in [2.45, 2.75) is 19.4 Å². The van der Waals surface area contributed by atoms with Crippen LogP contribution in [0.2, 0.25) is 0 Å². The molecule has 31 heavy (non-hydrogen) atoms. The summed E-state index contributed by atoms with van der Waals surface area (Å²) in [5.41, 5.74) is 1.81. The van der Waals surface area contributed by atoms with Gasteiger partial charge in [-0.25, -0.2) is 14.4 Å². The summed E-state index contributed by atoms with van der Waals surface area (Å²) in [7, 11) is 0. The number of piperidine rings is 1. The van der Waals surface area contributed by atoms with Crippen molar-refractivity contribution in [3.63, 3.8) is 0 Å². The van der Waals surface area contributed by atoms with Gasteiger partial charge in [-0.15, -0.1) is 0 Å². The van der Waals surface area contributed by atoms with Crippen molar-refractivity contribution in [2.24, 2.45) is 5.92 Å². The first-order valence-corrected chi connectivity index (χ1v) is 10.3. The van der Waals surface area contributed by atoms with Crippen molar-refractivity contribution >= 4 is 5.91 Å².